The van der Waals surface area contributed by atoms with E-state index in [4.69, 9.17) is 4.42 Å². The highest BCUT2D eigenvalue weighted by Gasteiger charge is 2.26. The lowest BCUT2D eigenvalue weighted by atomic mass is 10.2. The zero-order valence-electron chi connectivity index (χ0n) is 11.7. The Morgan fingerprint density at radius 3 is 3.05 bits per heavy atom. The molecule has 1 atom stereocenters. The maximum Gasteiger partial charge on any atom is 0.317 e. The molecule has 110 valence electrons. The monoisotopic (exact) mass is 279 g/mol. The van der Waals surface area contributed by atoms with Crippen LogP contribution < -0.4 is 10.6 Å². The predicted octanol–water partition coefficient (Wildman–Crippen LogP) is 1.13. The molecule has 3 amide bonds. The smallest absolute Gasteiger partial charge is 0.317 e. The number of carbonyl (C=O) groups is 2. The molecule has 0 radical (unpaired) electrons. The molecule has 0 saturated carbocycles. The molecule has 0 unspecified atom stereocenters. The van der Waals surface area contributed by atoms with Crippen molar-refractivity contribution in [2.45, 2.75) is 32.2 Å². The molecule has 1 aromatic heterocycles. The van der Waals surface area contributed by atoms with E-state index in [1.807, 2.05) is 12.1 Å². The number of furan rings is 1. The summed E-state index contributed by atoms with van der Waals surface area (Å²) in [5, 5.41) is 5.73. The SMILES string of the molecule is CC(=O)N[C@H]1CCN(C(=O)NCCCc2ccco2)C1. The highest BCUT2D eigenvalue weighted by Crippen LogP contribution is 2.09. The van der Waals surface area contributed by atoms with Gasteiger partial charge in [0.25, 0.3) is 0 Å². The third-order valence-corrected chi connectivity index (χ3v) is 3.34. The minimum Gasteiger partial charge on any atom is -0.469 e. The number of hydrogen-bond acceptors (Lipinski definition) is 3. The molecule has 1 fully saturated rings. The Morgan fingerprint density at radius 1 is 1.50 bits per heavy atom. The van der Waals surface area contributed by atoms with Gasteiger partial charge in [0.2, 0.25) is 5.91 Å². The lowest BCUT2D eigenvalue weighted by molar-refractivity contribution is -0.119. The Kier molecular flexibility index (Phi) is 5.03. The number of aryl methyl sites for hydroxylation is 1. The number of urea groups is 1. The largest absolute Gasteiger partial charge is 0.469 e. The molecule has 0 aromatic carbocycles. The van der Waals surface area contributed by atoms with Crippen LogP contribution in [0, 0.1) is 0 Å². The van der Waals surface area contributed by atoms with Crippen LogP contribution in [0.4, 0.5) is 4.79 Å². The highest BCUT2D eigenvalue weighted by atomic mass is 16.3. The van der Waals surface area contributed by atoms with Crippen molar-refractivity contribution < 1.29 is 14.0 Å². The molecule has 1 saturated heterocycles. The van der Waals surface area contributed by atoms with E-state index in [2.05, 4.69) is 10.6 Å². The van der Waals surface area contributed by atoms with E-state index in [0.29, 0.717) is 19.6 Å². The fourth-order valence-corrected chi connectivity index (χ4v) is 2.37. The summed E-state index contributed by atoms with van der Waals surface area (Å²) >= 11 is 0. The van der Waals surface area contributed by atoms with E-state index < -0.39 is 0 Å². The molecule has 1 aliphatic heterocycles. The van der Waals surface area contributed by atoms with Crippen LogP contribution in [-0.4, -0.2) is 42.5 Å². The van der Waals surface area contributed by atoms with Crippen molar-refractivity contribution in [2.75, 3.05) is 19.6 Å². The van der Waals surface area contributed by atoms with Crippen LogP contribution in [-0.2, 0) is 11.2 Å². The van der Waals surface area contributed by atoms with Gasteiger partial charge in [-0.2, -0.15) is 0 Å². The highest BCUT2D eigenvalue weighted by molar-refractivity contribution is 5.75. The molecule has 1 aromatic rings. The number of nitrogens with zero attached hydrogens (tertiary/aromatic N) is 1. The molecule has 2 heterocycles. The molecule has 2 N–H and O–H groups in total. The average Bonchev–Trinajstić information content (AvgIpc) is 3.04. The molecule has 6 heteroatoms. The first-order chi connectivity index (χ1) is 9.65. The lowest BCUT2D eigenvalue weighted by Gasteiger charge is -2.17. The van der Waals surface area contributed by atoms with E-state index in [0.717, 1.165) is 25.0 Å². The van der Waals surface area contributed by atoms with Gasteiger partial charge < -0.3 is 20.0 Å². The van der Waals surface area contributed by atoms with Gasteiger partial charge in [-0.25, -0.2) is 4.79 Å². The van der Waals surface area contributed by atoms with Gasteiger partial charge in [-0.1, -0.05) is 0 Å². The fraction of sp³-hybridized carbons (Fsp3) is 0.571. The first-order valence-corrected chi connectivity index (χ1v) is 6.97. The van der Waals surface area contributed by atoms with Crippen molar-refractivity contribution in [1.29, 1.82) is 0 Å². The normalized spacial score (nSPS) is 18.1. The van der Waals surface area contributed by atoms with Crippen LogP contribution in [0.15, 0.2) is 22.8 Å². The quantitative estimate of drug-likeness (QED) is 0.793. The van der Waals surface area contributed by atoms with E-state index in [9.17, 15) is 9.59 Å². The second-order valence-electron chi connectivity index (χ2n) is 5.05. The number of nitrogens with one attached hydrogen (secondary N) is 2. The van der Waals surface area contributed by atoms with Gasteiger partial charge in [0.1, 0.15) is 5.76 Å². The van der Waals surface area contributed by atoms with Gasteiger partial charge in [0.05, 0.1) is 6.26 Å². The van der Waals surface area contributed by atoms with Gasteiger partial charge >= 0.3 is 6.03 Å². The number of hydrogen-bond donors (Lipinski definition) is 2. The van der Waals surface area contributed by atoms with Crippen molar-refractivity contribution in [3.63, 3.8) is 0 Å². The minimum atomic E-state index is -0.0581. The zero-order chi connectivity index (χ0) is 14.4. The van der Waals surface area contributed by atoms with Gasteiger partial charge in [-0.15, -0.1) is 0 Å². The van der Waals surface area contributed by atoms with Crippen molar-refractivity contribution in [3.8, 4) is 0 Å². The van der Waals surface area contributed by atoms with Crippen molar-refractivity contribution in [1.82, 2.24) is 15.5 Å². The molecular weight excluding hydrogens is 258 g/mol. The third-order valence-electron chi connectivity index (χ3n) is 3.34. The summed E-state index contributed by atoms with van der Waals surface area (Å²) in [6, 6.07) is 3.82. The summed E-state index contributed by atoms with van der Waals surface area (Å²) < 4.78 is 5.23. The fourth-order valence-electron chi connectivity index (χ4n) is 2.37. The Bertz CT molecular complexity index is 445. The Hall–Kier alpha value is -1.98. The maximum atomic E-state index is 11.9. The van der Waals surface area contributed by atoms with Crippen LogP contribution >= 0.6 is 0 Å². The first-order valence-electron chi connectivity index (χ1n) is 6.97. The van der Waals surface area contributed by atoms with Crippen LogP contribution in [0.25, 0.3) is 0 Å². The molecule has 6 nitrogen and oxygen atoms in total. The number of likely N-dealkylation sites (tertiary alicyclic amines) is 1. The van der Waals surface area contributed by atoms with Crippen LogP contribution in [0.1, 0.15) is 25.5 Å². The van der Waals surface area contributed by atoms with Crippen LogP contribution in [0.3, 0.4) is 0 Å². The molecule has 1 aliphatic rings. The third kappa shape index (κ3) is 4.29. The first kappa shape index (κ1) is 14.4. The minimum absolute atomic E-state index is 0.0456. The zero-order valence-corrected chi connectivity index (χ0v) is 11.7. The molecule has 0 aliphatic carbocycles. The van der Waals surface area contributed by atoms with Gasteiger partial charge in [0, 0.05) is 39.0 Å². The summed E-state index contributed by atoms with van der Waals surface area (Å²) in [6.07, 6.45) is 4.14. The van der Waals surface area contributed by atoms with E-state index in [1.54, 1.807) is 11.2 Å². The number of rotatable bonds is 5. The lowest BCUT2D eigenvalue weighted by Crippen LogP contribution is -2.42. The summed E-state index contributed by atoms with van der Waals surface area (Å²) in [6.45, 7) is 3.40. The van der Waals surface area contributed by atoms with Crippen molar-refractivity contribution in [3.05, 3.63) is 24.2 Å². The topological polar surface area (TPSA) is 74.6 Å². The van der Waals surface area contributed by atoms with E-state index in [1.165, 1.54) is 6.92 Å². The number of carbonyl (C=O) groups excluding carboxylic acids is 2. The second-order valence-corrected chi connectivity index (χ2v) is 5.05. The number of amides is 3. The van der Waals surface area contributed by atoms with Gasteiger partial charge in [0.15, 0.2) is 0 Å². The average molecular weight is 279 g/mol. The maximum absolute atomic E-state index is 11.9. The predicted molar refractivity (Wildman–Crippen MR) is 74.2 cm³/mol. The van der Waals surface area contributed by atoms with E-state index in [-0.39, 0.29) is 18.0 Å². The summed E-state index contributed by atoms with van der Waals surface area (Å²) in [5.41, 5.74) is 0. The summed E-state index contributed by atoms with van der Waals surface area (Å²) in [7, 11) is 0. The van der Waals surface area contributed by atoms with Gasteiger partial charge in [-0.05, 0) is 25.0 Å². The van der Waals surface area contributed by atoms with Crippen molar-refractivity contribution in [2.24, 2.45) is 0 Å². The Labute approximate surface area is 118 Å². The van der Waals surface area contributed by atoms with Crippen molar-refractivity contribution >= 4 is 11.9 Å². The summed E-state index contributed by atoms with van der Waals surface area (Å²) in [4.78, 5) is 24.6. The standard InChI is InChI=1S/C14H21N3O3/c1-11(18)16-12-6-8-17(10-12)14(19)15-7-2-4-13-5-3-9-20-13/h3,5,9,12H,2,4,6-8,10H2,1H3,(H,15,19)(H,16,18)/t12-/m0/s1. The second kappa shape index (κ2) is 6.98. The molecule has 0 spiro atoms. The van der Waals surface area contributed by atoms with E-state index >= 15 is 0 Å². The molecule has 0 bridgehead atoms. The Balaban J connectivity index is 1.62. The summed E-state index contributed by atoms with van der Waals surface area (Å²) in [5.74, 6) is 0.891. The van der Waals surface area contributed by atoms with Gasteiger partial charge in [-0.3, -0.25) is 4.79 Å². The molecular formula is C14H21N3O3. The molecule has 2 rings (SSSR count). The molecule has 20 heavy (non-hydrogen) atoms. The Morgan fingerprint density at radius 2 is 2.35 bits per heavy atom. The van der Waals surface area contributed by atoms with Crippen LogP contribution in [0.5, 0.6) is 0 Å². The van der Waals surface area contributed by atoms with Crippen LogP contribution in [0.2, 0.25) is 0 Å².